The van der Waals surface area contributed by atoms with Crippen LogP contribution < -0.4 is 15.4 Å². The van der Waals surface area contributed by atoms with Crippen LogP contribution in [0.15, 0.2) is 40.9 Å². The lowest BCUT2D eigenvalue weighted by Gasteiger charge is -2.20. The third-order valence-electron chi connectivity index (χ3n) is 4.14. The Morgan fingerprint density at radius 3 is 2.33 bits per heavy atom. The van der Waals surface area contributed by atoms with Crippen molar-refractivity contribution in [3.63, 3.8) is 0 Å². The van der Waals surface area contributed by atoms with Gasteiger partial charge in [0, 0.05) is 12.2 Å². The van der Waals surface area contributed by atoms with Crippen molar-refractivity contribution in [2.45, 2.75) is 46.5 Å². The maximum atomic E-state index is 12.0. The summed E-state index contributed by atoms with van der Waals surface area (Å²) in [5, 5.41) is 5.72. The zero-order valence-electron chi connectivity index (χ0n) is 16.8. The molecule has 2 N–H and O–H groups in total. The van der Waals surface area contributed by atoms with Gasteiger partial charge < -0.3 is 15.4 Å². The topological polar surface area (TPSA) is 50.4 Å². The van der Waals surface area contributed by atoms with E-state index >= 15 is 0 Å². The Morgan fingerprint density at radius 1 is 1.07 bits per heavy atom. The Morgan fingerprint density at radius 2 is 1.74 bits per heavy atom. The molecule has 2 amide bonds. The summed E-state index contributed by atoms with van der Waals surface area (Å²) in [7, 11) is 0. The first-order chi connectivity index (χ1) is 12.6. The number of benzene rings is 2. The van der Waals surface area contributed by atoms with Gasteiger partial charge in [0.1, 0.15) is 5.75 Å². The van der Waals surface area contributed by atoms with Gasteiger partial charge in [-0.15, -0.1) is 0 Å². The fourth-order valence-electron chi connectivity index (χ4n) is 2.76. The summed E-state index contributed by atoms with van der Waals surface area (Å²) in [5.74, 6) is 0.822. The predicted molar refractivity (Wildman–Crippen MR) is 116 cm³/mol. The summed E-state index contributed by atoms with van der Waals surface area (Å²) in [6.45, 7) is 11.7. The summed E-state index contributed by atoms with van der Waals surface area (Å²) in [6, 6.07) is 12.0. The Hall–Kier alpha value is -2.01. The van der Waals surface area contributed by atoms with Crippen LogP contribution >= 0.6 is 15.9 Å². The van der Waals surface area contributed by atoms with Gasteiger partial charge in [0.25, 0.3) is 0 Å². The largest absolute Gasteiger partial charge is 0.492 e. The van der Waals surface area contributed by atoms with Crippen LogP contribution in [0, 0.1) is 13.8 Å². The summed E-state index contributed by atoms with van der Waals surface area (Å²) in [4.78, 5) is 12.0. The van der Waals surface area contributed by atoms with Crippen LogP contribution in [-0.4, -0.2) is 19.2 Å². The van der Waals surface area contributed by atoms with E-state index in [4.69, 9.17) is 4.74 Å². The molecule has 0 aromatic heterocycles. The number of carbonyl (C=O) groups is 1. The lowest BCUT2D eigenvalue weighted by molar-refractivity contribution is 0.250. The Kier molecular flexibility index (Phi) is 7.31. The van der Waals surface area contributed by atoms with Crippen molar-refractivity contribution >= 4 is 27.6 Å². The van der Waals surface area contributed by atoms with Gasteiger partial charge in [0.2, 0.25) is 0 Å². The quantitative estimate of drug-likeness (QED) is 0.553. The molecule has 0 spiro atoms. The molecule has 5 heteroatoms. The van der Waals surface area contributed by atoms with Crippen LogP contribution in [0.3, 0.4) is 0 Å². The molecule has 0 aliphatic heterocycles. The molecule has 0 aliphatic carbocycles. The van der Waals surface area contributed by atoms with Crippen molar-refractivity contribution in [1.29, 1.82) is 0 Å². The van der Waals surface area contributed by atoms with Crippen molar-refractivity contribution in [3.8, 4) is 5.75 Å². The Labute approximate surface area is 170 Å². The van der Waals surface area contributed by atoms with E-state index in [-0.39, 0.29) is 11.4 Å². The highest BCUT2D eigenvalue weighted by molar-refractivity contribution is 9.10. The number of ether oxygens (including phenoxy) is 1. The molecular formula is C22H29BrN2O2. The van der Waals surface area contributed by atoms with Crippen molar-refractivity contribution in [1.82, 2.24) is 5.32 Å². The molecule has 0 radical (unpaired) electrons. The monoisotopic (exact) mass is 432 g/mol. The second-order valence-electron chi connectivity index (χ2n) is 7.85. The average Bonchev–Trinajstić information content (AvgIpc) is 2.53. The molecule has 2 rings (SSSR count). The molecular weight excluding hydrogens is 404 g/mol. The molecule has 2 aromatic rings. The molecule has 0 unspecified atom stereocenters. The number of hydrogen-bond donors (Lipinski definition) is 2. The van der Waals surface area contributed by atoms with Crippen LogP contribution in [-0.2, 0) is 5.41 Å². The van der Waals surface area contributed by atoms with Gasteiger partial charge in [-0.1, -0.05) is 32.9 Å². The maximum absolute atomic E-state index is 12.0. The normalized spacial score (nSPS) is 11.2. The number of aryl methyl sites for hydroxylation is 2. The van der Waals surface area contributed by atoms with Gasteiger partial charge in [-0.05, 0) is 82.6 Å². The summed E-state index contributed by atoms with van der Waals surface area (Å²) in [6.07, 6.45) is 0.730. The predicted octanol–water partition coefficient (Wildman–Crippen LogP) is 5.95. The third kappa shape index (κ3) is 6.90. The second-order valence-corrected chi connectivity index (χ2v) is 8.71. The minimum atomic E-state index is -0.198. The number of rotatable bonds is 6. The number of anilines is 1. The van der Waals surface area contributed by atoms with E-state index in [2.05, 4.69) is 65.5 Å². The first-order valence-corrected chi connectivity index (χ1v) is 10.0. The summed E-state index contributed by atoms with van der Waals surface area (Å²) >= 11 is 3.58. The molecule has 27 heavy (non-hydrogen) atoms. The van der Waals surface area contributed by atoms with Crippen molar-refractivity contribution < 1.29 is 9.53 Å². The second kappa shape index (κ2) is 9.27. The lowest BCUT2D eigenvalue weighted by Crippen LogP contribution is -2.30. The Balaban J connectivity index is 1.73. The van der Waals surface area contributed by atoms with Crippen molar-refractivity contribution in [3.05, 3.63) is 57.6 Å². The molecule has 0 heterocycles. The number of urea groups is 1. The highest BCUT2D eigenvalue weighted by Gasteiger charge is 2.15. The van der Waals surface area contributed by atoms with Crippen LogP contribution in [0.1, 0.15) is 43.9 Å². The van der Waals surface area contributed by atoms with E-state index in [0.717, 1.165) is 33.5 Å². The van der Waals surface area contributed by atoms with Gasteiger partial charge >= 0.3 is 6.03 Å². The van der Waals surface area contributed by atoms with E-state index in [1.54, 1.807) is 0 Å². The molecule has 0 bridgehead atoms. The molecule has 4 nitrogen and oxygen atoms in total. The van der Waals surface area contributed by atoms with E-state index < -0.39 is 0 Å². The first-order valence-electron chi connectivity index (χ1n) is 9.21. The maximum Gasteiger partial charge on any atom is 0.319 e. The zero-order valence-corrected chi connectivity index (χ0v) is 18.4. The number of amides is 2. The molecule has 146 valence electrons. The number of carbonyl (C=O) groups excluding carboxylic acids is 1. The average molecular weight is 433 g/mol. The van der Waals surface area contributed by atoms with Crippen LogP contribution in [0.25, 0.3) is 0 Å². The molecule has 0 fully saturated rings. The summed E-state index contributed by atoms with van der Waals surface area (Å²) < 4.78 is 6.77. The smallest absolute Gasteiger partial charge is 0.319 e. The van der Waals surface area contributed by atoms with E-state index in [0.29, 0.717) is 13.2 Å². The summed E-state index contributed by atoms with van der Waals surface area (Å²) in [5.41, 5.74) is 4.42. The molecule has 0 atom stereocenters. The van der Waals surface area contributed by atoms with Crippen LogP contribution in [0.5, 0.6) is 5.75 Å². The third-order valence-corrected chi connectivity index (χ3v) is 4.76. The van der Waals surface area contributed by atoms with Gasteiger partial charge in [-0.3, -0.25) is 0 Å². The molecule has 0 saturated carbocycles. The molecule has 0 saturated heterocycles. The SMILES string of the molecule is Cc1cc(C)cc(NC(=O)NCCCOc2ccc(C(C)(C)C)cc2Br)c1. The van der Waals surface area contributed by atoms with Crippen molar-refractivity contribution in [2.75, 3.05) is 18.5 Å². The molecule has 0 aliphatic rings. The lowest BCUT2D eigenvalue weighted by atomic mass is 9.87. The van der Waals surface area contributed by atoms with Gasteiger partial charge in [0.15, 0.2) is 0 Å². The molecule has 2 aromatic carbocycles. The van der Waals surface area contributed by atoms with Crippen molar-refractivity contribution in [2.24, 2.45) is 0 Å². The standard InChI is InChI=1S/C22H29BrN2O2/c1-15-11-16(2)13-18(12-15)25-21(26)24-9-6-10-27-20-8-7-17(14-19(20)23)22(3,4)5/h7-8,11-14H,6,9-10H2,1-5H3,(H2,24,25,26). The fourth-order valence-corrected chi connectivity index (χ4v) is 3.26. The van der Waals surface area contributed by atoms with Gasteiger partial charge in [-0.2, -0.15) is 0 Å². The minimum absolute atomic E-state index is 0.105. The highest BCUT2D eigenvalue weighted by atomic mass is 79.9. The van der Waals surface area contributed by atoms with E-state index in [9.17, 15) is 4.79 Å². The minimum Gasteiger partial charge on any atom is -0.492 e. The number of hydrogen-bond acceptors (Lipinski definition) is 2. The van der Waals surface area contributed by atoms with E-state index in [1.165, 1.54) is 5.56 Å². The van der Waals surface area contributed by atoms with Gasteiger partial charge in [0.05, 0.1) is 11.1 Å². The fraction of sp³-hybridized carbons (Fsp3) is 0.409. The number of nitrogens with one attached hydrogen (secondary N) is 2. The first kappa shape index (κ1) is 21.3. The van der Waals surface area contributed by atoms with Crippen LogP contribution in [0.4, 0.5) is 10.5 Å². The zero-order chi connectivity index (χ0) is 20.0. The van der Waals surface area contributed by atoms with Crippen LogP contribution in [0.2, 0.25) is 0 Å². The highest BCUT2D eigenvalue weighted by Crippen LogP contribution is 2.31. The van der Waals surface area contributed by atoms with E-state index in [1.807, 2.05) is 32.0 Å². The van der Waals surface area contributed by atoms with Gasteiger partial charge in [-0.25, -0.2) is 4.79 Å². The Bertz CT molecular complexity index is 777. The number of halogens is 1.